The minimum atomic E-state index is -4.25. The number of nitrogens with one attached hydrogen (secondary N) is 1. The summed E-state index contributed by atoms with van der Waals surface area (Å²) in [5.41, 5.74) is 1.52. The molecule has 2 N–H and O–H groups in total. The standard InChI is InChI=1S/C29H30F2N2O6S/c1-18(2)28(35)29(30,31)39-19-9-7-10-20(17-19)40(36,37)32-21-11-8-14-24(27(21)34)33-22-12-3-5-15-25(22)38-26-16-6-4-13-23(26)33/h3-7,9-10,12-13,15-18,21,24,27,32,34H,8,11,14H2,1-2H3/t21-,24?,27+/m1/s1. The summed E-state index contributed by atoms with van der Waals surface area (Å²) in [7, 11) is -4.25. The predicted molar refractivity (Wildman–Crippen MR) is 145 cm³/mol. The number of fused-ring (bicyclic) bond motifs is 2. The Balaban J connectivity index is 1.38. The number of ketones is 1. The zero-order valence-electron chi connectivity index (χ0n) is 22.0. The normalized spacial score (nSPS) is 20.9. The Hall–Kier alpha value is -3.54. The first-order valence-corrected chi connectivity index (χ1v) is 14.5. The molecule has 1 fully saturated rings. The van der Waals surface area contributed by atoms with Crippen LogP contribution in [-0.4, -0.2) is 43.6 Å². The number of carbonyl (C=O) groups is 1. The second-order valence-electron chi connectivity index (χ2n) is 10.2. The summed E-state index contributed by atoms with van der Waals surface area (Å²) in [4.78, 5) is 13.5. The number of alkyl halides is 2. The number of nitrogens with zero attached hydrogens (tertiary/aromatic N) is 1. The smallest absolute Gasteiger partial charge is 0.453 e. The van der Waals surface area contributed by atoms with Gasteiger partial charge in [-0.2, -0.15) is 8.78 Å². The van der Waals surface area contributed by atoms with Crippen LogP contribution in [0.25, 0.3) is 0 Å². The summed E-state index contributed by atoms with van der Waals surface area (Å²) in [6, 6.07) is 18.1. The van der Waals surface area contributed by atoms with E-state index < -0.39 is 51.8 Å². The fourth-order valence-corrected chi connectivity index (χ4v) is 6.49. The molecule has 0 amide bonds. The van der Waals surface area contributed by atoms with Crippen LogP contribution in [0.15, 0.2) is 77.7 Å². The van der Waals surface area contributed by atoms with Crippen molar-refractivity contribution < 1.29 is 36.6 Å². The Bertz CT molecular complexity index is 1470. The highest BCUT2D eigenvalue weighted by molar-refractivity contribution is 7.89. The topological polar surface area (TPSA) is 105 Å². The van der Waals surface area contributed by atoms with E-state index in [1.807, 2.05) is 53.4 Å². The third-order valence-electron chi connectivity index (χ3n) is 7.10. The van der Waals surface area contributed by atoms with E-state index >= 15 is 0 Å². The number of rotatable bonds is 8. The molecule has 1 unspecified atom stereocenters. The van der Waals surface area contributed by atoms with Gasteiger partial charge in [0.25, 0.3) is 0 Å². The number of carbonyl (C=O) groups excluding carboxylic acids is 1. The van der Waals surface area contributed by atoms with Crippen LogP contribution in [0.3, 0.4) is 0 Å². The van der Waals surface area contributed by atoms with Gasteiger partial charge in [-0.25, -0.2) is 13.1 Å². The minimum absolute atomic E-state index is 0.325. The summed E-state index contributed by atoms with van der Waals surface area (Å²) in [6.07, 6.45) is -3.60. The lowest BCUT2D eigenvalue weighted by Gasteiger charge is -2.44. The molecular weight excluding hydrogens is 542 g/mol. The number of sulfonamides is 1. The predicted octanol–water partition coefficient (Wildman–Crippen LogP) is 5.39. The van der Waals surface area contributed by atoms with E-state index in [1.165, 1.54) is 26.0 Å². The lowest BCUT2D eigenvalue weighted by atomic mass is 9.86. The van der Waals surface area contributed by atoms with E-state index in [1.54, 1.807) is 0 Å². The number of anilines is 2. The van der Waals surface area contributed by atoms with Crippen molar-refractivity contribution in [3.05, 3.63) is 72.8 Å². The van der Waals surface area contributed by atoms with Crippen LogP contribution < -0.4 is 19.1 Å². The van der Waals surface area contributed by atoms with E-state index in [4.69, 9.17) is 4.74 Å². The molecule has 1 aliphatic heterocycles. The zero-order valence-corrected chi connectivity index (χ0v) is 22.8. The van der Waals surface area contributed by atoms with E-state index in [2.05, 4.69) is 9.46 Å². The van der Waals surface area contributed by atoms with Crippen LogP contribution in [-0.2, 0) is 14.8 Å². The molecule has 0 radical (unpaired) electrons. The summed E-state index contributed by atoms with van der Waals surface area (Å²) < 4.78 is 68.4. The van der Waals surface area contributed by atoms with Crippen molar-refractivity contribution >= 4 is 27.2 Å². The highest BCUT2D eigenvalue weighted by atomic mass is 32.2. The van der Waals surface area contributed by atoms with Crippen molar-refractivity contribution in [3.63, 3.8) is 0 Å². The van der Waals surface area contributed by atoms with Crippen LogP contribution in [0.1, 0.15) is 33.1 Å². The fraction of sp³-hybridized carbons (Fsp3) is 0.345. The maximum absolute atomic E-state index is 14.3. The first-order chi connectivity index (χ1) is 19.0. The molecule has 212 valence electrons. The summed E-state index contributed by atoms with van der Waals surface area (Å²) in [5.74, 6) is -1.61. The van der Waals surface area contributed by atoms with Crippen molar-refractivity contribution in [2.75, 3.05) is 4.90 Å². The summed E-state index contributed by atoms with van der Waals surface area (Å²) in [5, 5.41) is 11.5. The van der Waals surface area contributed by atoms with Crippen LogP contribution in [0.2, 0.25) is 0 Å². The largest absolute Gasteiger partial charge is 0.461 e. The van der Waals surface area contributed by atoms with E-state index in [9.17, 15) is 27.1 Å². The number of benzene rings is 3. The molecule has 3 aromatic rings. The van der Waals surface area contributed by atoms with Crippen LogP contribution in [0.5, 0.6) is 17.2 Å². The quantitative estimate of drug-likeness (QED) is 0.373. The Morgan fingerprint density at radius 2 is 1.65 bits per heavy atom. The van der Waals surface area contributed by atoms with E-state index in [-0.39, 0.29) is 4.90 Å². The number of Topliss-reactive ketones (excluding diaryl/α,β-unsaturated/α-hetero) is 1. The van der Waals surface area contributed by atoms with Gasteiger partial charge in [-0.3, -0.25) is 4.79 Å². The molecule has 8 nitrogen and oxygen atoms in total. The van der Waals surface area contributed by atoms with E-state index in [0.717, 1.165) is 23.5 Å². The molecule has 3 aromatic carbocycles. The second kappa shape index (κ2) is 10.8. The Labute approximate surface area is 231 Å². The monoisotopic (exact) mass is 572 g/mol. The molecule has 1 heterocycles. The van der Waals surface area contributed by atoms with Crippen molar-refractivity contribution in [2.24, 2.45) is 5.92 Å². The molecular formula is C29H30F2N2O6S. The Kier molecular flexibility index (Phi) is 7.56. The number of halogens is 2. The zero-order chi connectivity index (χ0) is 28.7. The van der Waals surface area contributed by atoms with Gasteiger partial charge >= 0.3 is 6.11 Å². The van der Waals surface area contributed by atoms with Crippen LogP contribution >= 0.6 is 0 Å². The molecule has 40 heavy (non-hydrogen) atoms. The lowest BCUT2D eigenvalue weighted by molar-refractivity contribution is -0.193. The average molecular weight is 573 g/mol. The summed E-state index contributed by atoms with van der Waals surface area (Å²) in [6.45, 7) is 2.64. The summed E-state index contributed by atoms with van der Waals surface area (Å²) >= 11 is 0. The molecule has 1 aliphatic carbocycles. The van der Waals surface area contributed by atoms with Gasteiger partial charge < -0.3 is 19.5 Å². The molecule has 1 saturated carbocycles. The molecule has 3 atom stereocenters. The third-order valence-corrected chi connectivity index (χ3v) is 8.59. The number of para-hydroxylation sites is 4. The van der Waals surface area contributed by atoms with Crippen molar-refractivity contribution in [3.8, 4) is 17.2 Å². The fourth-order valence-electron chi connectivity index (χ4n) is 5.16. The van der Waals surface area contributed by atoms with Crippen LogP contribution in [0, 0.1) is 5.92 Å². The van der Waals surface area contributed by atoms with Gasteiger partial charge in [-0.05, 0) is 55.7 Å². The van der Waals surface area contributed by atoms with Crippen molar-refractivity contribution in [2.45, 2.75) is 62.3 Å². The maximum atomic E-state index is 14.3. The first-order valence-electron chi connectivity index (χ1n) is 13.0. The molecule has 2 aliphatic rings. The molecule has 0 saturated heterocycles. The average Bonchev–Trinajstić information content (AvgIpc) is 2.92. The number of aliphatic hydroxyl groups excluding tert-OH is 1. The molecule has 0 aromatic heterocycles. The Morgan fingerprint density at radius 1 is 1.02 bits per heavy atom. The highest BCUT2D eigenvalue weighted by Gasteiger charge is 2.44. The SMILES string of the molecule is CC(C)C(=O)C(F)(F)Oc1cccc(S(=O)(=O)N[C@@H]2CCCC(N3c4ccccc4Oc4ccccc43)[C@H]2O)c1. The van der Waals surface area contributed by atoms with Gasteiger partial charge in [0.15, 0.2) is 11.5 Å². The van der Waals surface area contributed by atoms with Gasteiger partial charge in [0.2, 0.25) is 15.8 Å². The number of ether oxygens (including phenoxy) is 2. The van der Waals surface area contributed by atoms with Gasteiger partial charge in [-0.1, -0.05) is 44.2 Å². The number of hydrogen-bond donors (Lipinski definition) is 2. The molecule has 0 bridgehead atoms. The second-order valence-corrected chi connectivity index (χ2v) is 12.0. The number of aliphatic hydroxyl groups is 1. The van der Waals surface area contributed by atoms with Gasteiger partial charge in [0.1, 0.15) is 5.75 Å². The van der Waals surface area contributed by atoms with Crippen molar-refractivity contribution in [1.82, 2.24) is 4.72 Å². The van der Waals surface area contributed by atoms with Crippen molar-refractivity contribution in [1.29, 1.82) is 0 Å². The Morgan fingerprint density at radius 3 is 2.27 bits per heavy atom. The highest BCUT2D eigenvalue weighted by Crippen LogP contribution is 2.49. The van der Waals surface area contributed by atoms with Gasteiger partial charge in [0, 0.05) is 12.0 Å². The van der Waals surface area contributed by atoms with Gasteiger partial charge in [-0.15, -0.1) is 0 Å². The maximum Gasteiger partial charge on any atom is 0.461 e. The lowest BCUT2D eigenvalue weighted by Crippen LogP contribution is -2.56. The van der Waals surface area contributed by atoms with E-state index in [0.29, 0.717) is 30.8 Å². The first kappa shape index (κ1) is 28.0. The molecule has 5 rings (SSSR count). The minimum Gasteiger partial charge on any atom is -0.453 e. The van der Waals surface area contributed by atoms with Crippen LogP contribution in [0.4, 0.5) is 20.2 Å². The molecule has 0 spiro atoms. The van der Waals surface area contributed by atoms with Gasteiger partial charge in [0.05, 0.1) is 34.5 Å². The third kappa shape index (κ3) is 5.41. The molecule has 11 heteroatoms. The number of hydrogen-bond acceptors (Lipinski definition) is 7.